The molecule has 0 aromatic carbocycles. The van der Waals surface area contributed by atoms with Crippen LogP contribution in [0.1, 0.15) is 18.7 Å². The van der Waals surface area contributed by atoms with Gasteiger partial charge in [-0.2, -0.15) is 0 Å². The lowest BCUT2D eigenvalue weighted by Crippen LogP contribution is -2.43. The van der Waals surface area contributed by atoms with E-state index < -0.39 is 41.9 Å². The number of aromatic amines is 1. The van der Waals surface area contributed by atoms with Crippen molar-refractivity contribution < 1.29 is 20.1 Å². The average molecular weight is 272 g/mol. The maximum absolute atomic E-state index is 11.7. The summed E-state index contributed by atoms with van der Waals surface area (Å²) in [4.78, 5) is 25.1. The third-order valence-electron chi connectivity index (χ3n) is 3.37. The number of H-pyrrole nitrogens is 1. The number of aliphatic hydroxyl groups excluding tert-OH is 3. The van der Waals surface area contributed by atoms with E-state index in [-0.39, 0.29) is 5.56 Å². The van der Waals surface area contributed by atoms with Crippen molar-refractivity contribution in [3.05, 3.63) is 32.6 Å². The Hall–Kier alpha value is -1.48. The molecule has 1 fully saturated rings. The van der Waals surface area contributed by atoms with E-state index in [1.165, 1.54) is 20.0 Å². The first-order valence-corrected chi connectivity index (χ1v) is 5.77. The molecule has 1 aliphatic rings. The molecule has 0 radical (unpaired) electrons. The van der Waals surface area contributed by atoms with Crippen molar-refractivity contribution in [2.24, 2.45) is 0 Å². The number of nitrogens with zero attached hydrogens (tertiary/aromatic N) is 1. The summed E-state index contributed by atoms with van der Waals surface area (Å²) in [6, 6.07) is 0. The van der Waals surface area contributed by atoms with Crippen LogP contribution in [0.3, 0.4) is 0 Å². The predicted molar refractivity (Wildman–Crippen MR) is 63.7 cm³/mol. The van der Waals surface area contributed by atoms with Crippen LogP contribution in [0.15, 0.2) is 15.8 Å². The molecule has 4 N–H and O–H groups in total. The Morgan fingerprint density at radius 1 is 1.47 bits per heavy atom. The molecule has 2 rings (SSSR count). The Bertz CT molecular complexity index is 594. The minimum atomic E-state index is -1.39. The summed E-state index contributed by atoms with van der Waals surface area (Å²) in [6.45, 7) is 2.40. The fourth-order valence-corrected chi connectivity index (χ4v) is 2.06. The van der Waals surface area contributed by atoms with Crippen molar-refractivity contribution in [1.29, 1.82) is 0 Å². The molecule has 19 heavy (non-hydrogen) atoms. The molecule has 0 spiro atoms. The van der Waals surface area contributed by atoms with Crippen LogP contribution in [-0.4, -0.2) is 49.3 Å². The molecular formula is C11H16N2O6. The quantitative estimate of drug-likeness (QED) is 0.486. The molecule has 0 amide bonds. The number of nitrogens with one attached hydrogen (secondary N) is 1. The van der Waals surface area contributed by atoms with E-state index in [0.29, 0.717) is 0 Å². The number of hydrogen-bond donors (Lipinski definition) is 4. The van der Waals surface area contributed by atoms with Crippen LogP contribution >= 0.6 is 0 Å². The van der Waals surface area contributed by atoms with Crippen LogP contribution in [0.25, 0.3) is 0 Å². The van der Waals surface area contributed by atoms with Crippen LogP contribution in [0.4, 0.5) is 0 Å². The standard InChI is InChI=1S/C11H16N2O6/c1-5-3-13(10(18)12-8(5)17)9-6(15)7(16)11(2,4-14)19-9/h3,6-7,9,14-16H,4H2,1-2H3,(H,12,17,18)/t6-,7-,9-,11-/m1/s1. The maximum atomic E-state index is 11.7. The second-order valence-corrected chi connectivity index (χ2v) is 4.89. The highest BCUT2D eigenvalue weighted by Crippen LogP contribution is 2.35. The minimum absolute atomic E-state index is 0.266. The van der Waals surface area contributed by atoms with Gasteiger partial charge in [0, 0.05) is 11.8 Å². The van der Waals surface area contributed by atoms with Crippen LogP contribution < -0.4 is 11.2 Å². The maximum Gasteiger partial charge on any atom is 0.330 e. The van der Waals surface area contributed by atoms with E-state index in [9.17, 15) is 24.9 Å². The third kappa shape index (κ3) is 2.12. The number of hydrogen-bond acceptors (Lipinski definition) is 6. The van der Waals surface area contributed by atoms with E-state index in [2.05, 4.69) is 4.98 Å². The zero-order valence-electron chi connectivity index (χ0n) is 10.5. The highest BCUT2D eigenvalue weighted by atomic mass is 16.6. The van der Waals surface area contributed by atoms with Gasteiger partial charge in [-0.25, -0.2) is 4.79 Å². The molecule has 0 saturated carbocycles. The third-order valence-corrected chi connectivity index (χ3v) is 3.37. The fourth-order valence-electron chi connectivity index (χ4n) is 2.06. The summed E-state index contributed by atoms with van der Waals surface area (Å²) in [5, 5.41) is 29.0. The van der Waals surface area contributed by atoms with Crippen molar-refractivity contribution in [3.63, 3.8) is 0 Å². The van der Waals surface area contributed by atoms with E-state index in [1.807, 2.05) is 0 Å². The van der Waals surface area contributed by atoms with Crippen molar-refractivity contribution >= 4 is 0 Å². The Kier molecular flexibility index (Phi) is 3.35. The van der Waals surface area contributed by atoms with Gasteiger partial charge in [0.15, 0.2) is 6.23 Å². The lowest BCUT2D eigenvalue weighted by Gasteiger charge is -2.24. The predicted octanol–water partition coefficient (Wildman–Crippen LogP) is -2.15. The number of ether oxygens (including phenoxy) is 1. The zero-order valence-corrected chi connectivity index (χ0v) is 10.5. The van der Waals surface area contributed by atoms with Gasteiger partial charge in [-0.05, 0) is 13.8 Å². The van der Waals surface area contributed by atoms with E-state index >= 15 is 0 Å². The smallest absolute Gasteiger partial charge is 0.330 e. The van der Waals surface area contributed by atoms with Gasteiger partial charge in [0.25, 0.3) is 5.56 Å². The van der Waals surface area contributed by atoms with Crippen LogP contribution in [0.2, 0.25) is 0 Å². The first-order chi connectivity index (χ1) is 8.80. The van der Waals surface area contributed by atoms with Gasteiger partial charge in [0.1, 0.15) is 17.8 Å². The van der Waals surface area contributed by atoms with E-state index in [4.69, 9.17) is 4.74 Å². The van der Waals surface area contributed by atoms with Gasteiger partial charge in [0.2, 0.25) is 0 Å². The van der Waals surface area contributed by atoms with Crippen LogP contribution in [-0.2, 0) is 4.74 Å². The molecule has 0 aliphatic carbocycles. The van der Waals surface area contributed by atoms with Gasteiger partial charge in [-0.15, -0.1) is 0 Å². The molecule has 8 nitrogen and oxygen atoms in total. The normalized spacial score (nSPS) is 34.7. The number of aliphatic hydroxyl groups is 3. The highest BCUT2D eigenvalue weighted by Gasteiger charge is 2.51. The van der Waals surface area contributed by atoms with E-state index in [1.54, 1.807) is 0 Å². The van der Waals surface area contributed by atoms with Crippen molar-refractivity contribution in [3.8, 4) is 0 Å². The number of aryl methyl sites for hydroxylation is 1. The molecule has 4 atom stereocenters. The highest BCUT2D eigenvalue weighted by molar-refractivity contribution is 5.04. The van der Waals surface area contributed by atoms with Crippen molar-refractivity contribution in [1.82, 2.24) is 9.55 Å². The van der Waals surface area contributed by atoms with Gasteiger partial charge in [-0.1, -0.05) is 0 Å². The second kappa shape index (κ2) is 4.57. The number of aromatic nitrogens is 2. The van der Waals surface area contributed by atoms with Crippen LogP contribution in [0.5, 0.6) is 0 Å². The lowest BCUT2D eigenvalue weighted by atomic mass is 9.99. The first kappa shape index (κ1) is 13.9. The molecule has 1 aliphatic heterocycles. The van der Waals surface area contributed by atoms with Gasteiger partial charge in [-0.3, -0.25) is 14.3 Å². The summed E-state index contributed by atoms with van der Waals surface area (Å²) in [6.07, 6.45) is -2.66. The molecule has 106 valence electrons. The summed E-state index contributed by atoms with van der Waals surface area (Å²) in [5.41, 5.74) is -2.39. The fraction of sp³-hybridized carbons (Fsp3) is 0.636. The molecule has 0 unspecified atom stereocenters. The second-order valence-electron chi connectivity index (χ2n) is 4.89. The van der Waals surface area contributed by atoms with Gasteiger partial charge >= 0.3 is 5.69 Å². The summed E-state index contributed by atoms with van der Waals surface area (Å²) < 4.78 is 6.37. The summed E-state index contributed by atoms with van der Waals surface area (Å²) in [5.74, 6) is 0. The largest absolute Gasteiger partial charge is 0.393 e. The topological polar surface area (TPSA) is 125 Å². The minimum Gasteiger partial charge on any atom is -0.393 e. The Morgan fingerprint density at radius 2 is 2.11 bits per heavy atom. The SMILES string of the molecule is Cc1cn([C@@H]2O[C@](C)(CO)[C@H](O)[C@H]2O)c(=O)[nH]c1=O. The molecule has 8 heteroatoms. The molecule has 1 aromatic heterocycles. The van der Waals surface area contributed by atoms with Crippen molar-refractivity contribution in [2.75, 3.05) is 6.61 Å². The van der Waals surface area contributed by atoms with Crippen LogP contribution in [0, 0.1) is 6.92 Å². The van der Waals surface area contributed by atoms with E-state index in [0.717, 1.165) is 4.57 Å². The number of rotatable bonds is 2. The average Bonchev–Trinajstić information content (AvgIpc) is 2.59. The van der Waals surface area contributed by atoms with Gasteiger partial charge in [0.05, 0.1) is 6.61 Å². The lowest BCUT2D eigenvalue weighted by molar-refractivity contribution is -0.118. The molecule has 1 aromatic rings. The molecular weight excluding hydrogens is 256 g/mol. The molecule has 1 saturated heterocycles. The summed E-state index contributed by atoms with van der Waals surface area (Å²) in [7, 11) is 0. The first-order valence-electron chi connectivity index (χ1n) is 5.77. The van der Waals surface area contributed by atoms with Crippen molar-refractivity contribution in [2.45, 2.75) is 37.9 Å². The molecule has 0 bridgehead atoms. The monoisotopic (exact) mass is 272 g/mol. The molecule has 2 heterocycles. The Balaban J connectivity index is 2.47. The Morgan fingerprint density at radius 3 is 2.63 bits per heavy atom. The van der Waals surface area contributed by atoms with Gasteiger partial charge < -0.3 is 20.1 Å². The zero-order chi connectivity index (χ0) is 14.4. The Labute approximate surface area is 107 Å². The summed E-state index contributed by atoms with van der Waals surface area (Å²) >= 11 is 0.